The molecule has 0 aliphatic rings. The van der Waals surface area contributed by atoms with Gasteiger partial charge in [0.15, 0.2) is 0 Å². The second kappa shape index (κ2) is 6.15. The van der Waals surface area contributed by atoms with Crippen LogP contribution in [0, 0.1) is 3.57 Å². The number of hydrogen-bond donors (Lipinski definition) is 1. The van der Waals surface area contributed by atoms with Crippen molar-refractivity contribution in [1.82, 2.24) is 4.72 Å². The lowest BCUT2D eigenvalue weighted by atomic mass is 10.0. The van der Waals surface area contributed by atoms with Gasteiger partial charge in [-0.2, -0.15) is 0 Å². The van der Waals surface area contributed by atoms with E-state index in [1.54, 1.807) is 13.8 Å². The SMILES string of the molecule is CC(C)S(=O)(=O)NC[C@@H](C)c1ccc(I)cc1. The predicted octanol–water partition coefficient (Wildman–Crippen LogP) is 2.72. The average Bonchev–Trinajstić information content (AvgIpc) is 2.27. The van der Waals surface area contributed by atoms with Gasteiger partial charge in [-0.3, -0.25) is 0 Å². The highest BCUT2D eigenvalue weighted by atomic mass is 127. The molecule has 0 bridgehead atoms. The molecule has 17 heavy (non-hydrogen) atoms. The van der Waals surface area contributed by atoms with Gasteiger partial charge in [-0.1, -0.05) is 19.1 Å². The molecule has 0 aliphatic carbocycles. The van der Waals surface area contributed by atoms with Crippen LogP contribution in [0.3, 0.4) is 0 Å². The Balaban J connectivity index is 2.62. The van der Waals surface area contributed by atoms with Gasteiger partial charge >= 0.3 is 0 Å². The molecule has 1 aromatic carbocycles. The first-order valence-electron chi connectivity index (χ1n) is 5.57. The van der Waals surface area contributed by atoms with E-state index < -0.39 is 10.0 Å². The molecule has 0 radical (unpaired) electrons. The zero-order chi connectivity index (χ0) is 13.1. The van der Waals surface area contributed by atoms with Crippen molar-refractivity contribution >= 4 is 32.6 Å². The van der Waals surface area contributed by atoms with E-state index in [-0.39, 0.29) is 11.2 Å². The van der Waals surface area contributed by atoms with Crippen LogP contribution in [0.4, 0.5) is 0 Å². The summed E-state index contributed by atoms with van der Waals surface area (Å²) in [6.07, 6.45) is 0. The van der Waals surface area contributed by atoms with Gasteiger partial charge in [-0.15, -0.1) is 0 Å². The lowest BCUT2D eigenvalue weighted by Gasteiger charge is -2.15. The standard InChI is InChI=1S/C12H18INO2S/c1-9(2)17(15,16)14-8-10(3)11-4-6-12(13)7-5-11/h4-7,9-10,14H,8H2,1-3H3/t10-/m1/s1. The van der Waals surface area contributed by atoms with Crippen LogP contribution in [-0.4, -0.2) is 20.2 Å². The van der Waals surface area contributed by atoms with Crippen molar-refractivity contribution in [2.75, 3.05) is 6.54 Å². The third-order valence-corrected chi connectivity index (χ3v) is 5.18. The Labute approximate surface area is 117 Å². The Kier molecular flexibility index (Phi) is 5.40. The molecule has 0 saturated heterocycles. The highest BCUT2D eigenvalue weighted by Crippen LogP contribution is 2.16. The number of benzene rings is 1. The lowest BCUT2D eigenvalue weighted by molar-refractivity contribution is 0.566. The zero-order valence-corrected chi connectivity index (χ0v) is 13.2. The molecule has 0 aromatic heterocycles. The summed E-state index contributed by atoms with van der Waals surface area (Å²) in [5.41, 5.74) is 1.15. The normalized spacial score (nSPS) is 13.9. The molecule has 1 rings (SSSR count). The fourth-order valence-corrected chi connectivity index (χ4v) is 2.49. The van der Waals surface area contributed by atoms with Gasteiger partial charge < -0.3 is 0 Å². The van der Waals surface area contributed by atoms with E-state index in [0.29, 0.717) is 6.54 Å². The van der Waals surface area contributed by atoms with E-state index in [2.05, 4.69) is 27.3 Å². The lowest BCUT2D eigenvalue weighted by Crippen LogP contribution is -2.33. The number of rotatable bonds is 5. The molecular weight excluding hydrogens is 349 g/mol. The molecule has 0 amide bonds. The van der Waals surface area contributed by atoms with Crippen molar-refractivity contribution < 1.29 is 8.42 Å². The van der Waals surface area contributed by atoms with Gasteiger partial charge in [0.1, 0.15) is 0 Å². The van der Waals surface area contributed by atoms with Gasteiger partial charge in [0, 0.05) is 10.1 Å². The van der Waals surface area contributed by atoms with Crippen molar-refractivity contribution in [2.24, 2.45) is 0 Å². The van der Waals surface area contributed by atoms with Crippen molar-refractivity contribution in [3.63, 3.8) is 0 Å². The summed E-state index contributed by atoms with van der Waals surface area (Å²) in [6.45, 7) is 5.82. The van der Waals surface area contributed by atoms with Crippen LogP contribution in [0.15, 0.2) is 24.3 Å². The first-order chi connectivity index (χ1) is 7.83. The first-order valence-corrected chi connectivity index (χ1v) is 8.19. The van der Waals surface area contributed by atoms with Crippen molar-refractivity contribution in [1.29, 1.82) is 0 Å². The van der Waals surface area contributed by atoms with Crippen LogP contribution >= 0.6 is 22.6 Å². The van der Waals surface area contributed by atoms with Gasteiger partial charge in [-0.05, 0) is 60.1 Å². The smallest absolute Gasteiger partial charge is 0.213 e. The van der Waals surface area contributed by atoms with Gasteiger partial charge in [0.25, 0.3) is 0 Å². The maximum atomic E-state index is 11.6. The highest BCUT2D eigenvalue weighted by Gasteiger charge is 2.16. The summed E-state index contributed by atoms with van der Waals surface area (Å²) >= 11 is 2.25. The summed E-state index contributed by atoms with van der Waals surface area (Å²) in [6, 6.07) is 8.14. The summed E-state index contributed by atoms with van der Waals surface area (Å²) in [7, 11) is -3.16. The second-order valence-corrected chi connectivity index (χ2v) is 7.96. The van der Waals surface area contributed by atoms with Crippen LogP contribution in [-0.2, 0) is 10.0 Å². The molecule has 0 saturated carbocycles. The summed E-state index contributed by atoms with van der Waals surface area (Å²) < 4.78 is 27.0. The molecule has 1 N–H and O–H groups in total. The van der Waals surface area contributed by atoms with E-state index in [0.717, 1.165) is 5.56 Å². The molecule has 0 heterocycles. The zero-order valence-electron chi connectivity index (χ0n) is 10.3. The molecule has 0 spiro atoms. The number of nitrogens with one attached hydrogen (secondary N) is 1. The van der Waals surface area contributed by atoms with Crippen LogP contribution in [0.2, 0.25) is 0 Å². The molecular formula is C12H18INO2S. The average molecular weight is 367 g/mol. The van der Waals surface area contributed by atoms with Crippen LogP contribution < -0.4 is 4.72 Å². The Morgan fingerprint density at radius 2 is 1.71 bits per heavy atom. The Hall–Kier alpha value is -0.140. The number of sulfonamides is 1. The Morgan fingerprint density at radius 1 is 1.18 bits per heavy atom. The second-order valence-electron chi connectivity index (χ2n) is 4.39. The predicted molar refractivity (Wildman–Crippen MR) is 79.6 cm³/mol. The van der Waals surface area contributed by atoms with E-state index in [1.165, 1.54) is 3.57 Å². The molecule has 0 unspecified atom stereocenters. The summed E-state index contributed by atoms with van der Waals surface area (Å²) in [5, 5.41) is -0.383. The molecule has 0 fully saturated rings. The van der Waals surface area contributed by atoms with Gasteiger partial charge in [0.05, 0.1) is 5.25 Å². The molecule has 96 valence electrons. The molecule has 5 heteroatoms. The van der Waals surface area contributed by atoms with E-state index in [4.69, 9.17) is 0 Å². The van der Waals surface area contributed by atoms with Crippen molar-refractivity contribution in [3.8, 4) is 0 Å². The molecule has 0 aliphatic heterocycles. The molecule has 3 nitrogen and oxygen atoms in total. The van der Waals surface area contributed by atoms with Crippen molar-refractivity contribution in [3.05, 3.63) is 33.4 Å². The third-order valence-electron chi connectivity index (χ3n) is 2.65. The Morgan fingerprint density at radius 3 is 2.18 bits per heavy atom. The molecule has 1 aromatic rings. The first kappa shape index (κ1) is 14.9. The maximum absolute atomic E-state index is 11.6. The van der Waals surface area contributed by atoms with Gasteiger partial charge in [0.2, 0.25) is 10.0 Å². The molecule has 1 atom stereocenters. The third kappa shape index (κ3) is 4.56. The Bertz CT molecular complexity index is 454. The number of hydrogen-bond acceptors (Lipinski definition) is 2. The fraction of sp³-hybridized carbons (Fsp3) is 0.500. The summed E-state index contributed by atoms with van der Waals surface area (Å²) in [5.74, 6) is 0.181. The minimum atomic E-state index is -3.16. The summed E-state index contributed by atoms with van der Waals surface area (Å²) in [4.78, 5) is 0. The van der Waals surface area contributed by atoms with Crippen molar-refractivity contribution in [2.45, 2.75) is 31.9 Å². The van der Waals surface area contributed by atoms with E-state index in [9.17, 15) is 8.42 Å². The quantitative estimate of drug-likeness (QED) is 0.814. The van der Waals surface area contributed by atoms with E-state index in [1.807, 2.05) is 31.2 Å². The topological polar surface area (TPSA) is 46.2 Å². The highest BCUT2D eigenvalue weighted by molar-refractivity contribution is 14.1. The minimum absolute atomic E-state index is 0.181. The van der Waals surface area contributed by atoms with Crippen LogP contribution in [0.25, 0.3) is 0 Å². The monoisotopic (exact) mass is 367 g/mol. The fourth-order valence-electron chi connectivity index (χ4n) is 1.32. The maximum Gasteiger partial charge on any atom is 0.213 e. The largest absolute Gasteiger partial charge is 0.214 e. The van der Waals surface area contributed by atoms with Crippen LogP contribution in [0.1, 0.15) is 32.3 Å². The van der Waals surface area contributed by atoms with Crippen LogP contribution in [0.5, 0.6) is 0 Å². The minimum Gasteiger partial charge on any atom is -0.214 e. The van der Waals surface area contributed by atoms with E-state index >= 15 is 0 Å². The van der Waals surface area contributed by atoms with Gasteiger partial charge in [-0.25, -0.2) is 13.1 Å². The number of halogens is 1.